The second kappa shape index (κ2) is 7.08. The Hall–Kier alpha value is -1.39. The fraction of sp³-hybridized carbons (Fsp3) is 0.667. The van der Waals surface area contributed by atoms with Gasteiger partial charge in [-0.05, 0) is 63.1 Å². The molecule has 3 aliphatic heterocycles. The number of hydrogen-bond donors (Lipinski definition) is 0. The molecule has 1 amide bonds. The molecular formula is C21H30N2O2. The van der Waals surface area contributed by atoms with Crippen LogP contribution in [0, 0.1) is 12.3 Å². The van der Waals surface area contributed by atoms with Crippen LogP contribution in [0.15, 0.2) is 24.3 Å². The van der Waals surface area contributed by atoms with E-state index in [4.69, 9.17) is 4.74 Å². The fourth-order valence-electron chi connectivity index (χ4n) is 4.64. The first-order valence-electron chi connectivity index (χ1n) is 9.82. The van der Waals surface area contributed by atoms with Gasteiger partial charge in [0.25, 0.3) is 5.91 Å². The summed E-state index contributed by atoms with van der Waals surface area (Å²) in [5.41, 5.74) is 3.09. The maximum Gasteiger partial charge on any atom is 0.251 e. The number of ether oxygens (including phenoxy) is 1. The molecule has 25 heavy (non-hydrogen) atoms. The summed E-state index contributed by atoms with van der Waals surface area (Å²) >= 11 is 0. The van der Waals surface area contributed by atoms with Crippen LogP contribution in [0.2, 0.25) is 0 Å². The molecule has 0 bridgehead atoms. The predicted octanol–water partition coefficient (Wildman–Crippen LogP) is 2.99. The van der Waals surface area contributed by atoms with Crippen LogP contribution in [0.4, 0.5) is 0 Å². The Morgan fingerprint density at radius 2 is 1.88 bits per heavy atom. The third kappa shape index (κ3) is 3.75. The molecule has 3 heterocycles. The second-order valence-electron chi connectivity index (χ2n) is 8.27. The highest BCUT2D eigenvalue weighted by molar-refractivity contribution is 5.81. The van der Waals surface area contributed by atoms with E-state index in [1.165, 1.54) is 30.4 Å². The summed E-state index contributed by atoms with van der Waals surface area (Å²) in [6, 6.07) is 8.90. The van der Waals surface area contributed by atoms with Gasteiger partial charge in [0.1, 0.15) is 6.10 Å². The van der Waals surface area contributed by atoms with Crippen LogP contribution in [0.1, 0.15) is 43.2 Å². The van der Waals surface area contributed by atoms with Crippen LogP contribution in [-0.4, -0.2) is 54.6 Å². The molecule has 3 saturated heterocycles. The normalized spacial score (nSPS) is 26.4. The van der Waals surface area contributed by atoms with E-state index in [1.807, 2.05) is 0 Å². The van der Waals surface area contributed by atoms with Crippen molar-refractivity contribution in [2.24, 2.45) is 5.41 Å². The zero-order chi connectivity index (χ0) is 17.3. The Balaban J connectivity index is 1.29. The van der Waals surface area contributed by atoms with Crippen LogP contribution >= 0.6 is 0 Å². The molecule has 1 aromatic carbocycles. The number of hydrogen-bond acceptors (Lipinski definition) is 3. The molecule has 3 fully saturated rings. The first kappa shape index (κ1) is 17.0. The van der Waals surface area contributed by atoms with Gasteiger partial charge < -0.3 is 9.64 Å². The highest BCUT2D eigenvalue weighted by Gasteiger charge is 2.43. The van der Waals surface area contributed by atoms with Crippen LogP contribution in [0.3, 0.4) is 0 Å². The van der Waals surface area contributed by atoms with Gasteiger partial charge in [0.15, 0.2) is 0 Å². The van der Waals surface area contributed by atoms with Crippen molar-refractivity contribution < 1.29 is 9.53 Å². The molecule has 0 aliphatic carbocycles. The minimum Gasteiger partial charge on any atom is -0.368 e. The van der Waals surface area contributed by atoms with E-state index < -0.39 is 0 Å². The first-order chi connectivity index (χ1) is 12.1. The molecule has 4 nitrogen and oxygen atoms in total. The van der Waals surface area contributed by atoms with Gasteiger partial charge in [0.2, 0.25) is 0 Å². The van der Waals surface area contributed by atoms with Crippen LogP contribution in [0.25, 0.3) is 0 Å². The van der Waals surface area contributed by atoms with E-state index in [2.05, 4.69) is 41.0 Å². The number of rotatable bonds is 3. The summed E-state index contributed by atoms with van der Waals surface area (Å²) in [7, 11) is 0. The molecule has 136 valence electrons. The number of carbonyl (C=O) groups is 1. The Morgan fingerprint density at radius 3 is 2.56 bits per heavy atom. The SMILES string of the molecule is Cc1ccc(CN2CCC3(CC2)CCN(C(=O)[C@@H]2CCCO2)C3)cc1. The molecule has 1 aromatic rings. The van der Waals surface area contributed by atoms with Gasteiger partial charge in [0.05, 0.1) is 0 Å². The van der Waals surface area contributed by atoms with E-state index in [0.717, 1.165) is 52.2 Å². The number of nitrogens with zero attached hydrogens (tertiary/aromatic N) is 2. The summed E-state index contributed by atoms with van der Waals surface area (Å²) in [6.07, 6.45) is 5.39. The quantitative estimate of drug-likeness (QED) is 0.847. The molecule has 3 aliphatic rings. The van der Waals surface area contributed by atoms with E-state index >= 15 is 0 Å². The highest BCUT2D eigenvalue weighted by atomic mass is 16.5. The van der Waals surface area contributed by atoms with Crippen molar-refractivity contribution in [1.29, 1.82) is 0 Å². The largest absolute Gasteiger partial charge is 0.368 e. The molecule has 4 heteroatoms. The van der Waals surface area contributed by atoms with E-state index in [-0.39, 0.29) is 12.0 Å². The number of carbonyl (C=O) groups excluding carboxylic acids is 1. The van der Waals surface area contributed by atoms with Crippen LogP contribution < -0.4 is 0 Å². The second-order valence-corrected chi connectivity index (χ2v) is 8.27. The third-order valence-electron chi connectivity index (χ3n) is 6.40. The number of likely N-dealkylation sites (tertiary alicyclic amines) is 2. The van der Waals surface area contributed by atoms with Gasteiger partial charge in [0, 0.05) is 26.2 Å². The molecule has 0 unspecified atom stereocenters. The van der Waals surface area contributed by atoms with Gasteiger partial charge in [-0.1, -0.05) is 29.8 Å². The standard InChI is InChI=1S/C21H30N2O2/c1-17-4-6-18(7-5-17)15-22-11-8-21(9-12-22)10-13-23(16-21)20(24)19-3-2-14-25-19/h4-7,19H,2-3,8-16H2,1H3/t19-/m0/s1. The first-order valence-corrected chi connectivity index (χ1v) is 9.82. The number of aryl methyl sites for hydroxylation is 1. The summed E-state index contributed by atoms with van der Waals surface area (Å²) in [5.74, 6) is 0.247. The van der Waals surface area contributed by atoms with Crippen LogP contribution in [0.5, 0.6) is 0 Å². The minimum absolute atomic E-state index is 0.156. The average molecular weight is 342 g/mol. The van der Waals surface area contributed by atoms with Gasteiger partial charge >= 0.3 is 0 Å². The minimum atomic E-state index is -0.156. The Morgan fingerprint density at radius 1 is 1.16 bits per heavy atom. The smallest absolute Gasteiger partial charge is 0.251 e. The maximum absolute atomic E-state index is 12.6. The van der Waals surface area contributed by atoms with Crippen molar-refractivity contribution >= 4 is 5.91 Å². The lowest BCUT2D eigenvalue weighted by Gasteiger charge is -2.39. The lowest BCUT2D eigenvalue weighted by molar-refractivity contribution is -0.140. The molecule has 4 rings (SSSR count). The molecule has 0 aromatic heterocycles. The number of benzene rings is 1. The molecule has 1 atom stereocenters. The summed E-state index contributed by atoms with van der Waals surface area (Å²) < 4.78 is 5.60. The molecule has 0 saturated carbocycles. The van der Waals surface area contributed by atoms with E-state index in [1.54, 1.807) is 0 Å². The molecule has 1 spiro atoms. The maximum atomic E-state index is 12.6. The van der Waals surface area contributed by atoms with Crippen molar-refractivity contribution in [3.63, 3.8) is 0 Å². The Kier molecular flexibility index (Phi) is 4.83. The topological polar surface area (TPSA) is 32.8 Å². The Labute approximate surface area is 151 Å². The van der Waals surface area contributed by atoms with E-state index in [0.29, 0.717) is 5.41 Å². The van der Waals surface area contributed by atoms with E-state index in [9.17, 15) is 4.79 Å². The van der Waals surface area contributed by atoms with Crippen LogP contribution in [-0.2, 0) is 16.1 Å². The number of amides is 1. The third-order valence-corrected chi connectivity index (χ3v) is 6.40. The lowest BCUT2D eigenvalue weighted by atomic mass is 9.77. The van der Waals surface area contributed by atoms with Gasteiger partial charge in [-0.2, -0.15) is 0 Å². The van der Waals surface area contributed by atoms with Crippen molar-refractivity contribution in [2.75, 3.05) is 32.8 Å². The summed E-state index contributed by atoms with van der Waals surface area (Å²) in [6.45, 7) is 8.11. The predicted molar refractivity (Wildman–Crippen MR) is 98.3 cm³/mol. The van der Waals surface area contributed by atoms with Gasteiger partial charge in [-0.15, -0.1) is 0 Å². The van der Waals surface area contributed by atoms with Gasteiger partial charge in [-0.3, -0.25) is 9.69 Å². The fourth-order valence-corrected chi connectivity index (χ4v) is 4.64. The molecule has 0 N–H and O–H groups in total. The Bertz CT molecular complexity index is 599. The van der Waals surface area contributed by atoms with Crippen molar-refractivity contribution in [3.05, 3.63) is 35.4 Å². The summed E-state index contributed by atoms with van der Waals surface area (Å²) in [4.78, 5) is 17.3. The zero-order valence-corrected chi connectivity index (χ0v) is 15.4. The number of piperidine rings is 1. The monoisotopic (exact) mass is 342 g/mol. The van der Waals surface area contributed by atoms with Crippen molar-refractivity contribution in [1.82, 2.24) is 9.80 Å². The van der Waals surface area contributed by atoms with Crippen molar-refractivity contribution in [2.45, 2.75) is 51.7 Å². The van der Waals surface area contributed by atoms with Crippen molar-refractivity contribution in [3.8, 4) is 0 Å². The van der Waals surface area contributed by atoms with Gasteiger partial charge in [-0.25, -0.2) is 0 Å². The lowest BCUT2D eigenvalue weighted by Crippen LogP contribution is -2.43. The zero-order valence-electron chi connectivity index (χ0n) is 15.4. The molecule has 0 radical (unpaired) electrons. The molecular weight excluding hydrogens is 312 g/mol. The average Bonchev–Trinajstić information content (AvgIpc) is 3.29. The summed E-state index contributed by atoms with van der Waals surface area (Å²) in [5, 5.41) is 0. The highest BCUT2D eigenvalue weighted by Crippen LogP contribution is 2.41.